The smallest absolute Gasteiger partial charge is 0.296 e. The Balaban J connectivity index is 1.68. The van der Waals surface area contributed by atoms with E-state index < -0.39 is 5.91 Å². The molecule has 0 aliphatic rings. The summed E-state index contributed by atoms with van der Waals surface area (Å²) < 4.78 is 18.3. The first-order chi connectivity index (χ1) is 11.7. The Labute approximate surface area is 141 Å². The number of rotatable bonds is 6. The molecular formula is C16H15FN4O2S. The molecule has 0 saturated heterocycles. The third kappa shape index (κ3) is 3.83. The molecule has 0 spiro atoms. The summed E-state index contributed by atoms with van der Waals surface area (Å²) >= 11 is 1.34. The fourth-order valence-corrected chi connectivity index (χ4v) is 2.83. The van der Waals surface area contributed by atoms with Gasteiger partial charge in [-0.15, -0.1) is 10.2 Å². The van der Waals surface area contributed by atoms with Gasteiger partial charge in [-0.1, -0.05) is 42.0 Å². The molecule has 0 fully saturated rings. The first kappa shape index (κ1) is 16.3. The van der Waals surface area contributed by atoms with Crippen molar-refractivity contribution in [3.8, 4) is 11.3 Å². The highest BCUT2D eigenvalue weighted by Crippen LogP contribution is 2.22. The van der Waals surface area contributed by atoms with Gasteiger partial charge in [0.1, 0.15) is 16.5 Å². The minimum atomic E-state index is -0.469. The van der Waals surface area contributed by atoms with E-state index in [1.807, 2.05) is 0 Å². The summed E-state index contributed by atoms with van der Waals surface area (Å²) in [5, 5.41) is 15.7. The van der Waals surface area contributed by atoms with Gasteiger partial charge in [-0.3, -0.25) is 10.1 Å². The van der Waals surface area contributed by atoms with E-state index in [2.05, 4.69) is 27.6 Å². The van der Waals surface area contributed by atoms with Gasteiger partial charge < -0.3 is 4.52 Å². The molecule has 0 atom stereocenters. The maximum Gasteiger partial charge on any atom is 0.296 e. The summed E-state index contributed by atoms with van der Waals surface area (Å²) in [4.78, 5) is 12.2. The van der Waals surface area contributed by atoms with E-state index in [0.717, 1.165) is 24.3 Å². The molecule has 0 saturated carbocycles. The number of benzene rings is 1. The topological polar surface area (TPSA) is 80.9 Å². The van der Waals surface area contributed by atoms with Crippen LogP contribution in [0.1, 0.15) is 35.3 Å². The fourth-order valence-electron chi connectivity index (χ4n) is 2.06. The number of halogens is 1. The molecule has 24 heavy (non-hydrogen) atoms. The number of nitrogens with one attached hydrogen (secondary N) is 1. The molecule has 2 aromatic heterocycles. The average Bonchev–Trinajstić information content (AvgIpc) is 3.22. The fraction of sp³-hybridized carbons (Fsp3) is 0.250. The molecular weight excluding hydrogens is 331 g/mol. The molecule has 2 heterocycles. The van der Waals surface area contributed by atoms with Crippen molar-refractivity contribution < 1.29 is 13.7 Å². The van der Waals surface area contributed by atoms with Crippen molar-refractivity contribution in [2.75, 3.05) is 5.32 Å². The van der Waals surface area contributed by atoms with Gasteiger partial charge in [0.05, 0.1) is 0 Å². The lowest BCUT2D eigenvalue weighted by atomic mass is 10.1. The van der Waals surface area contributed by atoms with Crippen molar-refractivity contribution in [1.29, 1.82) is 0 Å². The van der Waals surface area contributed by atoms with E-state index in [9.17, 15) is 9.18 Å². The SMILES string of the molecule is CCCCc1nnc(NC(=O)c2cc(-c3cccc(F)c3)no2)s1. The maximum absolute atomic E-state index is 13.2. The van der Waals surface area contributed by atoms with Crippen LogP contribution in [0.3, 0.4) is 0 Å². The zero-order valence-electron chi connectivity index (χ0n) is 13.0. The van der Waals surface area contributed by atoms with Crippen LogP contribution >= 0.6 is 11.3 Å². The summed E-state index contributed by atoms with van der Waals surface area (Å²) in [5.41, 5.74) is 0.927. The second kappa shape index (κ2) is 7.31. The molecule has 8 heteroatoms. The minimum absolute atomic E-state index is 0.0274. The van der Waals surface area contributed by atoms with Crippen LogP contribution in [0.2, 0.25) is 0 Å². The Kier molecular flexibility index (Phi) is 4.95. The van der Waals surface area contributed by atoms with Crippen molar-refractivity contribution in [3.63, 3.8) is 0 Å². The second-order valence-electron chi connectivity index (χ2n) is 5.15. The van der Waals surface area contributed by atoms with Crippen LogP contribution in [0.5, 0.6) is 0 Å². The molecule has 3 aromatic rings. The number of carbonyl (C=O) groups excluding carboxylic acids is 1. The van der Waals surface area contributed by atoms with Crippen LogP contribution in [0, 0.1) is 5.82 Å². The standard InChI is InChI=1S/C16H15FN4O2S/c1-2-3-7-14-19-20-16(24-14)18-15(22)13-9-12(21-23-13)10-5-4-6-11(17)8-10/h4-6,8-9H,2-3,7H2,1H3,(H,18,20,22). The lowest BCUT2D eigenvalue weighted by Crippen LogP contribution is -2.10. The van der Waals surface area contributed by atoms with E-state index in [1.165, 1.54) is 29.5 Å². The van der Waals surface area contributed by atoms with Crippen molar-refractivity contribution in [3.05, 3.63) is 46.9 Å². The first-order valence-corrected chi connectivity index (χ1v) is 8.33. The molecule has 1 N–H and O–H groups in total. The normalized spacial score (nSPS) is 10.8. The van der Waals surface area contributed by atoms with Crippen LogP contribution in [-0.2, 0) is 6.42 Å². The molecule has 124 valence electrons. The number of unbranched alkanes of at least 4 members (excludes halogenated alkanes) is 1. The van der Waals surface area contributed by atoms with Gasteiger partial charge in [-0.05, 0) is 18.6 Å². The van der Waals surface area contributed by atoms with Crippen LogP contribution in [-0.4, -0.2) is 21.3 Å². The van der Waals surface area contributed by atoms with E-state index in [-0.39, 0.29) is 11.6 Å². The Hall–Kier alpha value is -2.61. The zero-order valence-corrected chi connectivity index (χ0v) is 13.8. The third-order valence-electron chi connectivity index (χ3n) is 3.29. The summed E-state index contributed by atoms with van der Waals surface area (Å²) in [6, 6.07) is 7.38. The molecule has 0 unspecified atom stereocenters. The largest absolute Gasteiger partial charge is 0.350 e. The van der Waals surface area contributed by atoms with Crippen molar-refractivity contribution in [2.24, 2.45) is 0 Å². The number of hydrogen-bond donors (Lipinski definition) is 1. The molecule has 0 bridgehead atoms. The zero-order chi connectivity index (χ0) is 16.9. The quantitative estimate of drug-likeness (QED) is 0.731. The lowest BCUT2D eigenvalue weighted by molar-refractivity contribution is 0.0988. The van der Waals surface area contributed by atoms with E-state index >= 15 is 0 Å². The number of anilines is 1. The molecule has 3 rings (SSSR count). The number of aryl methyl sites for hydroxylation is 1. The molecule has 6 nitrogen and oxygen atoms in total. The molecule has 1 amide bonds. The van der Waals surface area contributed by atoms with Crippen LogP contribution in [0.15, 0.2) is 34.9 Å². The number of nitrogens with zero attached hydrogens (tertiary/aromatic N) is 3. The minimum Gasteiger partial charge on any atom is -0.350 e. The predicted molar refractivity (Wildman–Crippen MR) is 88.4 cm³/mol. The van der Waals surface area contributed by atoms with Crippen LogP contribution in [0.4, 0.5) is 9.52 Å². The second-order valence-corrected chi connectivity index (χ2v) is 6.21. The number of aromatic nitrogens is 3. The summed E-state index contributed by atoms with van der Waals surface area (Å²) in [5.74, 6) is -0.821. The Morgan fingerprint density at radius 3 is 3.00 bits per heavy atom. The van der Waals surface area contributed by atoms with Gasteiger partial charge in [0, 0.05) is 18.1 Å². The predicted octanol–water partition coefficient (Wildman–Crippen LogP) is 3.93. The van der Waals surface area contributed by atoms with Gasteiger partial charge in [0.2, 0.25) is 10.9 Å². The number of carbonyl (C=O) groups is 1. The first-order valence-electron chi connectivity index (χ1n) is 7.52. The van der Waals surface area contributed by atoms with Crippen LogP contribution in [0.25, 0.3) is 11.3 Å². The molecule has 0 aliphatic heterocycles. The van der Waals surface area contributed by atoms with Gasteiger partial charge >= 0.3 is 0 Å². The van der Waals surface area contributed by atoms with Gasteiger partial charge in [0.25, 0.3) is 5.91 Å². The number of hydrogen-bond acceptors (Lipinski definition) is 6. The highest BCUT2D eigenvalue weighted by Gasteiger charge is 2.16. The van der Waals surface area contributed by atoms with Crippen molar-refractivity contribution >= 4 is 22.4 Å². The monoisotopic (exact) mass is 346 g/mol. The lowest BCUT2D eigenvalue weighted by Gasteiger charge is -1.95. The summed E-state index contributed by atoms with van der Waals surface area (Å²) in [7, 11) is 0. The van der Waals surface area contributed by atoms with Gasteiger partial charge in [-0.2, -0.15) is 0 Å². The summed E-state index contributed by atoms with van der Waals surface area (Å²) in [6.07, 6.45) is 2.94. The number of amides is 1. The Bertz CT molecular complexity index is 846. The third-order valence-corrected chi connectivity index (χ3v) is 4.18. The Morgan fingerprint density at radius 1 is 1.33 bits per heavy atom. The van der Waals surface area contributed by atoms with E-state index in [1.54, 1.807) is 12.1 Å². The van der Waals surface area contributed by atoms with Crippen LogP contribution < -0.4 is 5.32 Å². The molecule has 1 aromatic carbocycles. The maximum atomic E-state index is 13.2. The Morgan fingerprint density at radius 2 is 2.21 bits per heavy atom. The highest BCUT2D eigenvalue weighted by molar-refractivity contribution is 7.15. The van der Waals surface area contributed by atoms with Crippen molar-refractivity contribution in [1.82, 2.24) is 15.4 Å². The molecule has 0 radical (unpaired) electrons. The van der Waals surface area contributed by atoms with Crippen molar-refractivity contribution in [2.45, 2.75) is 26.2 Å². The van der Waals surface area contributed by atoms with Gasteiger partial charge in [-0.25, -0.2) is 4.39 Å². The average molecular weight is 346 g/mol. The van der Waals surface area contributed by atoms with E-state index in [4.69, 9.17) is 4.52 Å². The molecule has 0 aliphatic carbocycles. The van der Waals surface area contributed by atoms with E-state index in [0.29, 0.717) is 16.4 Å². The summed E-state index contributed by atoms with van der Waals surface area (Å²) in [6.45, 7) is 2.10. The van der Waals surface area contributed by atoms with Gasteiger partial charge in [0.15, 0.2) is 0 Å². The highest BCUT2D eigenvalue weighted by atomic mass is 32.1.